The van der Waals surface area contributed by atoms with Crippen LogP contribution in [0.4, 0.5) is 5.69 Å². The minimum atomic E-state index is -0.519. The highest BCUT2D eigenvalue weighted by atomic mass is 16.2. The van der Waals surface area contributed by atoms with Gasteiger partial charge < -0.3 is 4.90 Å². The molecule has 2 heteroatoms. The van der Waals surface area contributed by atoms with E-state index in [1.165, 1.54) is 24.8 Å². The molecule has 1 unspecified atom stereocenters. The molecule has 2 aromatic carbocycles. The molecule has 2 nitrogen and oxygen atoms in total. The van der Waals surface area contributed by atoms with E-state index in [0.29, 0.717) is 6.04 Å². The van der Waals surface area contributed by atoms with Crippen LogP contribution in [0.2, 0.25) is 0 Å². The lowest BCUT2D eigenvalue weighted by molar-refractivity contribution is -0.122. The van der Waals surface area contributed by atoms with Crippen LogP contribution in [-0.2, 0) is 10.2 Å². The van der Waals surface area contributed by atoms with Crippen molar-refractivity contribution in [2.45, 2.75) is 56.9 Å². The molecule has 1 atom stereocenters. The van der Waals surface area contributed by atoms with Crippen molar-refractivity contribution >= 4 is 11.6 Å². The Balaban J connectivity index is 1.88. The predicted molar refractivity (Wildman–Crippen MR) is 98.3 cm³/mol. The Morgan fingerprint density at radius 2 is 1.62 bits per heavy atom. The van der Waals surface area contributed by atoms with Crippen molar-refractivity contribution in [2.75, 3.05) is 4.90 Å². The van der Waals surface area contributed by atoms with Gasteiger partial charge in [0.1, 0.15) is 5.41 Å². The van der Waals surface area contributed by atoms with Crippen LogP contribution in [-0.4, -0.2) is 11.9 Å². The lowest BCUT2D eigenvalue weighted by Gasteiger charge is -2.34. The Hall–Kier alpha value is -2.09. The van der Waals surface area contributed by atoms with Crippen molar-refractivity contribution in [1.29, 1.82) is 0 Å². The summed E-state index contributed by atoms with van der Waals surface area (Å²) in [6.45, 7) is 2.14. The van der Waals surface area contributed by atoms with E-state index >= 15 is 0 Å². The molecule has 2 aliphatic rings. The molecule has 0 radical (unpaired) electrons. The smallest absolute Gasteiger partial charge is 0.242 e. The lowest BCUT2D eigenvalue weighted by Crippen LogP contribution is -2.46. The van der Waals surface area contributed by atoms with E-state index in [1.807, 2.05) is 18.2 Å². The standard InChI is InChI=1S/C22H25NO/c1-2-22(17-11-5-3-6-12-17)19-15-9-10-16-20(19)23(21(22)24)18-13-7-4-8-14-18/h3,5-6,9-12,15-16,18H,2,4,7-8,13-14H2,1H3. The van der Waals surface area contributed by atoms with Gasteiger partial charge in [-0.05, 0) is 36.5 Å². The molecule has 24 heavy (non-hydrogen) atoms. The van der Waals surface area contributed by atoms with Gasteiger partial charge in [-0.1, -0.05) is 74.7 Å². The number of para-hydroxylation sites is 1. The largest absolute Gasteiger partial charge is 0.308 e. The van der Waals surface area contributed by atoms with Crippen molar-refractivity contribution in [2.24, 2.45) is 0 Å². The first-order valence-corrected chi connectivity index (χ1v) is 9.27. The maximum Gasteiger partial charge on any atom is 0.242 e. The first-order valence-electron chi connectivity index (χ1n) is 9.27. The summed E-state index contributed by atoms with van der Waals surface area (Å²) in [5.41, 5.74) is 2.94. The van der Waals surface area contributed by atoms with E-state index in [1.54, 1.807) is 0 Å². The molecule has 0 aromatic heterocycles. The number of benzene rings is 2. The molecule has 0 N–H and O–H groups in total. The molecule has 1 aliphatic heterocycles. The summed E-state index contributed by atoms with van der Waals surface area (Å²) in [6.07, 6.45) is 6.85. The average Bonchev–Trinajstić information content (AvgIpc) is 2.92. The van der Waals surface area contributed by atoms with Crippen LogP contribution >= 0.6 is 0 Å². The maximum absolute atomic E-state index is 13.7. The van der Waals surface area contributed by atoms with Gasteiger partial charge in [-0.3, -0.25) is 4.79 Å². The Labute approximate surface area is 144 Å². The van der Waals surface area contributed by atoms with E-state index < -0.39 is 5.41 Å². The third-order valence-electron chi connectivity index (χ3n) is 5.94. The number of carbonyl (C=O) groups is 1. The number of fused-ring (bicyclic) bond motifs is 1. The second-order valence-corrected chi connectivity index (χ2v) is 7.11. The number of hydrogen-bond donors (Lipinski definition) is 0. The number of anilines is 1. The summed E-state index contributed by atoms with van der Waals surface area (Å²) < 4.78 is 0. The first kappa shape index (κ1) is 15.4. The second kappa shape index (κ2) is 6.08. The molecule has 1 heterocycles. The second-order valence-electron chi connectivity index (χ2n) is 7.11. The normalized spacial score (nSPS) is 24.2. The third-order valence-corrected chi connectivity index (χ3v) is 5.94. The number of nitrogens with zero attached hydrogens (tertiary/aromatic N) is 1. The average molecular weight is 319 g/mol. The van der Waals surface area contributed by atoms with Crippen LogP contribution in [0.3, 0.4) is 0 Å². The van der Waals surface area contributed by atoms with E-state index in [2.05, 4.69) is 48.2 Å². The van der Waals surface area contributed by atoms with Gasteiger partial charge in [0.05, 0.1) is 0 Å². The highest BCUT2D eigenvalue weighted by Gasteiger charge is 2.52. The fraction of sp³-hybridized carbons (Fsp3) is 0.409. The van der Waals surface area contributed by atoms with Crippen LogP contribution in [0.15, 0.2) is 54.6 Å². The number of rotatable bonds is 3. The van der Waals surface area contributed by atoms with E-state index in [9.17, 15) is 4.79 Å². The summed E-state index contributed by atoms with van der Waals surface area (Å²) in [6, 6.07) is 19.2. The van der Waals surface area contributed by atoms with E-state index in [0.717, 1.165) is 30.5 Å². The van der Waals surface area contributed by atoms with Crippen LogP contribution in [0, 0.1) is 0 Å². The molecule has 1 aliphatic carbocycles. The van der Waals surface area contributed by atoms with Crippen molar-refractivity contribution < 1.29 is 4.79 Å². The predicted octanol–water partition coefficient (Wildman–Crippen LogP) is 5.06. The Kier molecular flexibility index (Phi) is 3.91. The molecule has 4 rings (SSSR count). The Morgan fingerprint density at radius 3 is 2.33 bits per heavy atom. The number of carbonyl (C=O) groups excluding carboxylic acids is 1. The van der Waals surface area contributed by atoms with Gasteiger partial charge in [-0.2, -0.15) is 0 Å². The van der Waals surface area contributed by atoms with Gasteiger partial charge in [-0.15, -0.1) is 0 Å². The van der Waals surface area contributed by atoms with Gasteiger partial charge in [0.2, 0.25) is 5.91 Å². The maximum atomic E-state index is 13.7. The molecule has 2 aromatic rings. The molecule has 0 spiro atoms. The van der Waals surface area contributed by atoms with Crippen molar-refractivity contribution in [3.8, 4) is 0 Å². The zero-order valence-electron chi connectivity index (χ0n) is 14.4. The quantitative estimate of drug-likeness (QED) is 0.774. The molecular weight excluding hydrogens is 294 g/mol. The number of amides is 1. The minimum absolute atomic E-state index is 0.282. The third kappa shape index (κ3) is 2.12. The lowest BCUT2D eigenvalue weighted by atomic mass is 9.73. The fourth-order valence-electron chi connectivity index (χ4n) is 4.72. The Morgan fingerprint density at radius 1 is 0.958 bits per heavy atom. The van der Waals surface area contributed by atoms with Crippen molar-refractivity contribution in [1.82, 2.24) is 0 Å². The zero-order valence-corrected chi connectivity index (χ0v) is 14.4. The summed E-state index contributed by atoms with van der Waals surface area (Å²) in [5.74, 6) is 0.282. The zero-order chi connectivity index (χ0) is 16.6. The van der Waals surface area contributed by atoms with E-state index in [-0.39, 0.29) is 5.91 Å². The minimum Gasteiger partial charge on any atom is -0.308 e. The van der Waals surface area contributed by atoms with E-state index in [4.69, 9.17) is 0 Å². The van der Waals surface area contributed by atoms with Crippen LogP contribution in [0.25, 0.3) is 0 Å². The molecule has 1 amide bonds. The SMILES string of the molecule is CCC1(c2ccccc2)C(=O)N(C2CCCCC2)c2ccccc21. The van der Waals surface area contributed by atoms with Gasteiger partial charge in [-0.25, -0.2) is 0 Å². The molecular formula is C22H25NO. The fourth-order valence-corrected chi connectivity index (χ4v) is 4.72. The summed E-state index contributed by atoms with van der Waals surface area (Å²) in [4.78, 5) is 15.9. The topological polar surface area (TPSA) is 20.3 Å². The first-order chi connectivity index (χ1) is 11.8. The molecule has 124 valence electrons. The summed E-state index contributed by atoms with van der Waals surface area (Å²) in [5, 5.41) is 0. The molecule has 0 saturated heterocycles. The van der Waals surface area contributed by atoms with Gasteiger partial charge in [0.15, 0.2) is 0 Å². The molecule has 1 fully saturated rings. The number of hydrogen-bond acceptors (Lipinski definition) is 1. The van der Waals surface area contributed by atoms with Crippen molar-refractivity contribution in [3.05, 3.63) is 65.7 Å². The van der Waals surface area contributed by atoms with Gasteiger partial charge in [0, 0.05) is 11.7 Å². The monoisotopic (exact) mass is 319 g/mol. The Bertz CT molecular complexity index is 733. The van der Waals surface area contributed by atoms with Crippen LogP contribution in [0.1, 0.15) is 56.6 Å². The van der Waals surface area contributed by atoms with Gasteiger partial charge in [0.25, 0.3) is 0 Å². The molecule has 1 saturated carbocycles. The van der Waals surface area contributed by atoms with Crippen LogP contribution < -0.4 is 4.90 Å². The summed E-state index contributed by atoms with van der Waals surface area (Å²) >= 11 is 0. The summed E-state index contributed by atoms with van der Waals surface area (Å²) in [7, 11) is 0. The van der Waals surface area contributed by atoms with Gasteiger partial charge >= 0.3 is 0 Å². The molecule has 0 bridgehead atoms. The van der Waals surface area contributed by atoms with Crippen LogP contribution in [0.5, 0.6) is 0 Å². The highest BCUT2D eigenvalue weighted by Crippen LogP contribution is 2.49. The van der Waals surface area contributed by atoms with Crippen molar-refractivity contribution in [3.63, 3.8) is 0 Å². The highest BCUT2D eigenvalue weighted by molar-refractivity contribution is 6.10.